The Morgan fingerprint density at radius 3 is 2.65 bits per heavy atom. The molecule has 0 unspecified atom stereocenters. The number of nitrogens with one attached hydrogen (secondary N) is 1. The molecule has 1 aromatic carbocycles. The summed E-state index contributed by atoms with van der Waals surface area (Å²) in [6.45, 7) is 2.94. The van der Waals surface area contributed by atoms with E-state index in [0.29, 0.717) is 31.6 Å². The second-order valence-electron chi connectivity index (χ2n) is 5.12. The number of benzene rings is 1. The minimum Gasteiger partial charge on any atom is -0.396 e. The van der Waals surface area contributed by atoms with Crippen molar-refractivity contribution in [1.29, 1.82) is 0 Å². The monoisotopic (exact) mass is 362 g/mol. The third kappa shape index (κ3) is 3.72. The Morgan fingerprint density at radius 2 is 2.05 bits per heavy atom. The van der Waals surface area contributed by atoms with E-state index in [0.717, 1.165) is 10.0 Å². The van der Waals surface area contributed by atoms with Crippen molar-refractivity contribution in [2.45, 2.75) is 19.8 Å². The van der Waals surface area contributed by atoms with E-state index in [9.17, 15) is 8.42 Å². The van der Waals surface area contributed by atoms with E-state index in [4.69, 9.17) is 5.11 Å². The lowest BCUT2D eigenvalue weighted by molar-refractivity contribution is 0.170. The van der Waals surface area contributed by atoms with Crippen molar-refractivity contribution in [2.24, 2.45) is 5.92 Å². The summed E-state index contributed by atoms with van der Waals surface area (Å²) in [7, 11) is -3.54. The van der Waals surface area contributed by atoms with Crippen LogP contribution in [0.3, 0.4) is 0 Å². The Kier molecular flexibility index (Phi) is 5.06. The van der Waals surface area contributed by atoms with Crippen LogP contribution in [0.2, 0.25) is 0 Å². The maximum absolute atomic E-state index is 12.3. The summed E-state index contributed by atoms with van der Waals surface area (Å²) in [4.78, 5) is 0. The van der Waals surface area contributed by atoms with Gasteiger partial charge in [0.1, 0.15) is 0 Å². The molecule has 0 aliphatic carbocycles. The fourth-order valence-electron chi connectivity index (χ4n) is 2.25. The minimum atomic E-state index is -3.54. The van der Waals surface area contributed by atoms with E-state index in [1.807, 2.05) is 19.1 Å². The molecule has 112 valence electrons. The molecule has 1 heterocycles. The quantitative estimate of drug-likeness (QED) is 0.861. The van der Waals surface area contributed by atoms with E-state index < -0.39 is 10.2 Å². The maximum atomic E-state index is 12.3. The van der Waals surface area contributed by atoms with Gasteiger partial charge in [-0.15, -0.1) is 0 Å². The molecule has 0 amide bonds. The number of halogens is 1. The van der Waals surface area contributed by atoms with Crippen LogP contribution in [0.1, 0.15) is 18.4 Å². The van der Waals surface area contributed by atoms with Gasteiger partial charge in [0.15, 0.2) is 0 Å². The maximum Gasteiger partial charge on any atom is 0.301 e. The number of anilines is 1. The van der Waals surface area contributed by atoms with Gasteiger partial charge in [-0.2, -0.15) is 12.7 Å². The van der Waals surface area contributed by atoms with Crippen LogP contribution in [-0.4, -0.2) is 37.5 Å². The summed E-state index contributed by atoms with van der Waals surface area (Å²) in [6, 6.07) is 5.53. The van der Waals surface area contributed by atoms with Gasteiger partial charge in [-0.05, 0) is 59.3 Å². The van der Waals surface area contributed by atoms with Gasteiger partial charge in [-0.3, -0.25) is 4.72 Å². The molecule has 1 fully saturated rings. The third-order valence-electron chi connectivity index (χ3n) is 3.53. The first-order valence-electron chi connectivity index (χ1n) is 6.57. The topological polar surface area (TPSA) is 69.6 Å². The van der Waals surface area contributed by atoms with Crippen molar-refractivity contribution in [3.05, 3.63) is 28.2 Å². The lowest BCUT2D eigenvalue weighted by atomic mass is 10.00. The summed E-state index contributed by atoms with van der Waals surface area (Å²) in [5.41, 5.74) is 1.54. The van der Waals surface area contributed by atoms with Crippen molar-refractivity contribution >= 4 is 31.8 Å². The van der Waals surface area contributed by atoms with Crippen molar-refractivity contribution in [2.75, 3.05) is 24.4 Å². The Labute approximate surface area is 128 Å². The number of hydrogen-bond acceptors (Lipinski definition) is 3. The molecule has 1 saturated heterocycles. The average Bonchev–Trinajstić information content (AvgIpc) is 2.43. The zero-order valence-electron chi connectivity index (χ0n) is 11.3. The smallest absolute Gasteiger partial charge is 0.301 e. The highest BCUT2D eigenvalue weighted by molar-refractivity contribution is 9.10. The van der Waals surface area contributed by atoms with E-state index in [1.165, 1.54) is 4.31 Å². The summed E-state index contributed by atoms with van der Waals surface area (Å²) in [5, 5.41) is 9.09. The van der Waals surface area contributed by atoms with Gasteiger partial charge in [0.25, 0.3) is 0 Å². The average molecular weight is 363 g/mol. The Balaban J connectivity index is 2.10. The van der Waals surface area contributed by atoms with Crippen molar-refractivity contribution in [1.82, 2.24) is 4.31 Å². The number of aryl methyl sites for hydroxylation is 1. The number of nitrogens with zero attached hydrogens (tertiary/aromatic N) is 1. The van der Waals surface area contributed by atoms with E-state index in [-0.39, 0.29) is 12.5 Å². The Hall–Kier alpha value is -0.630. The molecule has 5 nitrogen and oxygen atoms in total. The Bertz CT molecular complexity index is 569. The zero-order valence-corrected chi connectivity index (χ0v) is 13.7. The minimum absolute atomic E-state index is 0.130. The van der Waals surface area contributed by atoms with Gasteiger partial charge >= 0.3 is 10.2 Å². The fraction of sp³-hybridized carbons (Fsp3) is 0.538. The van der Waals surface area contributed by atoms with E-state index >= 15 is 0 Å². The summed E-state index contributed by atoms with van der Waals surface area (Å²) in [6.07, 6.45) is 1.40. The van der Waals surface area contributed by atoms with E-state index in [1.54, 1.807) is 6.07 Å². The molecule has 1 aliphatic rings. The molecular weight excluding hydrogens is 344 g/mol. The number of aliphatic hydroxyl groups is 1. The lowest BCUT2D eigenvalue weighted by Crippen LogP contribution is -2.42. The van der Waals surface area contributed by atoms with Gasteiger partial charge in [0.05, 0.1) is 5.69 Å². The molecule has 20 heavy (non-hydrogen) atoms. The van der Waals surface area contributed by atoms with Crippen LogP contribution in [0.15, 0.2) is 22.7 Å². The third-order valence-corrected chi connectivity index (χ3v) is 5.75. The zero-order chi connectivity index (χ0) is 14.8. The number of piperidine rings is 1. The number of aliphatic hydroxyl groups excluding tert-OH is 1. The van der Waals surface area contributed by atoms with Crippen LogP contribution in [0.25, 0.3) is 0 Å². The molecule has 0 radical (unpaired) electrons. The molecule has 0 saturated carbocycles. The van der Waals surface area contributed by atoms with Crippen molar-refractivity contribution < 1.29 is 13.5 Å². The second-order valence-corrected chi connectivity index (χ2v) is 7.64. The summed E-state index contributed by atoms with van der Waals surface area (Å²) >= 11 is 3.35. The van der Waals surface area contributed by atoms with Crippen LogP contribution < -0.4 is 4.72 Å². The summed E-state index contributed by atoms with van der Waals surface area (Å²) in [5.74, 6) is 0.215. The first kappa shape index (κ1) is 15.8. The van der Waals surface area contributed by atoms with Crippen molar-refractivity contribution in [3.63, 3.8) is 0 Å². The molecule has 0 bridgehead atoms. The molecule has 2 rings (SSSR count). The summed E-state index contributed by atoms with van der Waals surface area (Å²) < 4.78 is 29.5. The van der Waals surface area contributed by atoms with Gasteiger partial charge in [-0.1, -0.05) is 6.07 Å². The normalized spacial score (nSPS) is 18.1. The van der Waals surface area contributed by atoms with Crippen LogP contribution in [0, 0.1) is 12.8 Å². The predicted molar refractivity (Wildman–Crippen MR) is 82.8 cm³/mol. The molecule has 0 atom stereocenters. The molecule has 7 heteroatoms. The first-order chi connectivity index (χ1) is 9.42. The van der Waals surface area contributed by atoms with Gasteiger partial charge in [0, 0.05) is 24.2 Å². The van der Waals surface area contributed by atoms with Crippen LogP contribution >= 0.6 is 15.9 Å². The van der Waals surface area contributed by atoms with Gasteiger partial charge < -0.3 is 5.11 Å². The number of rotatable bonds is 4. The van der Waals surface area contributed by atoms with Crippen LogP contribution in [0.5, 0.6) is 0 Å². The van der Waals surface area contributed by atoms with Crippen molar-refractivity contribution in [3.8, 4) is 0 Å². The van der Waals surface area contributed by atoms with Gasteiger partial charge in [-0.25, -0.2) is 0 Å². The first-order valence-corrected chi connectivity index (χ1v) is 8.80. The predicted octanol–water partition coefficient (Wildman–Crippen LogP) is 2.12. The van der Waals surface area contributed by atoms with E-state index in [2.05, 4.69) is 20.7 Å². The van der Waals surface area contributed by atoms with Gasteiger partial charge in [0.2, 0.25) is 0 Å². The Morgan fingerprint density at radius 1 is 1.40 bits per heavy atom. The number of hydrogen-bond donors (Lipinski definition) is 2. The second kappa shape index (κ2) is 6.43. The highest BCUT2D eigenvalue weighted by atomic mass is 79.9. The molecule has 2 N–H and O–H groups in total. The molecular formula is C13H19BrN2O3S. The SMILES string of the molecule is Cc1ccc(Br)c(NS(=O)(=O)N2CCC(CO)CC2)c1. The van der Waals surface area contributed by atoms with Crippen LogP contribution in [0.4, 0.5) is 5.69 Å². The molecule has 0 aromatic heterocycles. The van der Waals surface area contributed by atoms with Crippen LogP contribution in [-0.2, 0) is 10.2 Å². The fourth-order valence-corrected chi connectivity index (χ4v) is 4.00. The lowest BCUT2D eigenvalue weighted by Gasteiger charge is -2.30. The molecule has 0 spiro atoms. The highest BCUT2D eigenvalue weighted by Gasteiger charge is 2.28. The standard InChI is InChI=1S/C13H19BrN2O3S/c1-10-2-3-12(14)13(8-10)15-20(18,19)16-6-4-11(9-17)5-7-16/h2-3,8,11,15,17H,4-7,9H2,1H3. The largest absolute Gasteiger partial charge is 0.396 e. The molecule has 1 aliphatic heterocycles. The molecule has 1 aromatic rings. The highest BCUT2D eigenvalue weighted by Crippen LogP contribution is 2.26.